The summed E-state index contributed by atoms with van der Waals surface area (Å²) in [5.74, 6) is -0.285. The Hall–Kier alpha value is -2.25. The van der Waals surface area contributed by atoms with Crippen molar-refractivity contribution in [2.24, 2.45) is 5.73 Å². The third-order valence-electron chi connectivity index (χ3n) is 4.37. The normalized spacial score (nSPS) is 16.1. The van der Waals surface area contributed by atoms with Gasteiger partial charge in [0, 0.05) is 17.0 Å². The third kappa shape index (κ3) is 3.50. The van der Waals surface area contributed by atoms with Gasteiger partial charge < -0.3 is 20.1 Å². The molecule has 0 bridgehead atoms. The molecule has 1 aromatic heterocycles. The number of nitrogens with two attached hydrogens (primary N) is 1. The Morgan fingerprint density at radius 2 is 2.19 bits per heavy atom. The number of halogens is 1. The summed E-state index contributed by atoms with van der Waals surface area (Å²) in [7, 11) is 1.44. The van der Waals surface area contributed by atoms with Gasteiger partial charge in [-0.2, -0.15) is 0 Å². The van der Waals surface area contributed by atoms with E-state index < -0.39 is 5.91 Å². The van der Waals surface area contributed by atoms with Gasteiger partial charge in [0.25, 0.3) is 11.8 Å². The van der Waals surface area contributed by atoms with Gasteiger partial charge in [0.15, 0.2) is 18.1 Å². The highest BCUT2D eigenvalue weighted by Crippen LogP contribution is 2.38. The first-order valence-electron chi connectivity index (χ1n) is 8.08. The number of carbonyl (C=O) groups excluding carboxylic acids is 2. The van der Waals surface area contributed by atoms with Crippen LogP contribution in [0.25, 0.3) is 0 Å². The molecule has 2 amide bonds. The molecule has 0 unspecified atom stereocenters. The van der Waals surface area contributed by atoms with Crippen LogP contribution >= 0.6 is 22.9 Å². The van der Waals surface area contributed by atoms with Crippen LogP contribution in [0.5, 0.6) is 11.5 Å². The fourth-order valence-corrected chi connectivity index (χ4v) is 4.31. The van der Waals surface area contributed by atoms with E-state index in [1.165, 1.54) is 23.6 Å². The van der Waals surface area contributed by atoms with Crippen molar-refractivity contribution in [2.45, 2.75) is 19.4 Å². The predicted octanol–water partition coefficient (Wildman–Crippen LogP) is 3.03. The van der Waals surface area contributed by atoms with Crippen LogP contribution in [0.4, 0.5) is 0 Å². The zero-order valence-electron chi connectivity index (χ0n) is 14.5. The monoisotopic (exact) mass is 394 g/mol. The first-order valence-corrected chi connectivity index (χ1v) is 9.34. The predicted molar refractivity (Wildman–Crippen MR) is 100 cm³/mol. The number of thiophene rings is 1. The molecule has 0 fully saturated rings. The Kier molecular flexibility index (Phi) is 5.38. The summed E-state index contributed by atoms with van der Waals surface area (Å²) in [6.07, 6.45) is 0.841. The minimum Gasteiger partial charge on any atom is -0.493 e. The van der Waals surface area contributed by atoms with E-state index in [4.69, 9.17) is 26.8 Å². The Labute approximate surface area is 160 Å². The Bertz CT molecular complexity index is 852. The van der Waals surface area contributed by atoms with E-state index in [0.29, 0.717) is 12.1 Å². The Morgan fingerprint density at radius 1 is 1.42 bits per heavy atom. The van der Waals surface area contributed by atoms with E-state index in [0.717, 1.165) is 6.42 Å². The molecule has 2 heterocycles. The summed E-state index contributed by atoms with van der Waals surface area (Å²) in [5, 5.41) is 2.25. The van der Waals surface area contributed by atoms with Gasteiger partial charge in [0.2, 0.25) is 0 Å². The minimum atomic E-state index is -0.628. The van der Waals surface area contributed by atoms with Gasteiger partial charge >= 0.3 is 0 Å². The second-order valence-corrected chi connectivity index (χ2v) is 7.38. The highest BCUT2D eigenvalue weighted by molar-refractivity contribution is 7.10. The van der Waals surface area contributed by atoms with Gasteiger partial charge in [-0.25, -0.2) is 0 Å². The number of amides is 2. The molecule has 1 aliphatic rings. The van der Waals surface area contributed by atoms with Crippen LogP contribution in [0.2, 0.25) is 5.02 Å². The molecular weight excluding hydrogens is 376 g/mol. The lowest BCUT2D eigenvalue weighted by Gasteiger charge is -2.34. The largest absolute Gasteiger partial charge is 0.493 e. The Morgan fingerprint density at radius 3 is 2.88 bits per heavy atom. The number of carbonyl (C=O) groups is 2. The number of primary amides is 1. The van der Waals surface area contributed by atoms with E-state index in [-0.39, 0.29) is 35.1 Å². The lowest BCUT2D eigenvalue weighted by atomic mass is 10.00. The molecule has 0 radical (unpaired) electrons. The summed E-state index contributed by atoms with van der Waals surface area (Å²) in [4.78, 5) is 27.1. The molecule has 0 saturated heterocycles. The fourth-order valence-electron chi connectivity index (χ4n) is 3.08. The molecule has 3 rings (SSSR count). The number of methoxy groups -OCH3 is 1. The van der Waals surface area contributed by atoms with E-state index >= 15 is 0 Å². The van der Waals surface area contributed by atoms with E-state index in [9.17, 15) is 9.59 Å². The summed E-state index contributed by atoms with van der Waals surface area (Å²) in [6.45, 7) is 2.34. The maximum Gasteiger partial charge on any atom is 0.255 e. The van der Waals surface area contributed by atoms with Crippen LogP contribution in [0.15, 0.2) is 23.6 Å². The first-order chi connectivity index (χ1) is 12.4. The van der Waals surface area contributed by atoms with Crippen LogP contribution in [-0.2, 0) is 11.2 Å². The van der Waals surface area contributed by atoms with Gasteiger partial charge in [0.05, 0.1) is 18.2 Å². The second kappa shape index (κ2) is 7.55. The number of hydrogen-bond donors (Lipinski definition) is 1. The Balaban J connectivity index is 1.88. The van der Waals surface area contributed by atoms with Crippen molar-refractivity contribution in [1.82, 2.24) is 4.90 Å². The molecule has 0 saturated carbocycles. The topological polar surface area (TPSA) is 81.9 Å². The van der Waals surface area contributed by atoms with Crippen molar-refractivity contribution in [3.63, 3.8) is 0 Å². The molecule has 8 heteroatoms. The van der Waals surface area contributed by atoms with Gasteiger partial charge in [-0.15, -0.1) is 11.3 Å². The van der Waals surface area contributed by atoms with Gasteiger partial charge in [-0.1, -0.05) is 11.6 Å². The molecule has 6 nitrogen and oxygen atoms in total. The van der Waals surface area contributed by atoms with Gasteiger partial charge in [-0.3, -0.25) is 9.59 Å². The number of rotatable bonds is 5. The lowest BCUT2D eigenvalue weighted by Crippen LogP contribution is -2.38. The van der Waals surface area contributed by atoms with Crippen LogP contribution in [0, 0.1) is 0 Å². The van der Waals surface area contributed by atoms with Crippen molar-refractivity contribution >= 4 is 34.8 Å². The smallest absolute Gasteiger partial charge is 0.255 e. The number of nitrogens with zero attached hydrogens (tertiary/aromatic N) is 1. The van der Waals surface area contributed by atoms with Crippen molar-refractivity contribution < 1.29 is 19.1 Å². The standard InChI is InChI=1S/C18H19ClN2O4S/c1-10-12-4-6-26-15(12)3-5-21(10)18(23)11-7-13(19)17(14(8-11)24-2)25-9-16(20)22/h4,6-8,10H,3,5,9H2,1-2H3,(H2,20,22)/t10-/m1/s1. The third-order valence-corrected chi connectivity index (χ3v) is 5.65. The molecule has 2 aromatic rings. The number of fused-ring (bicyclic) bond motifs is 1. The highest BCUT2D eigenvalue weighted by atomic mass is 35.5. The van der Waals surface area contributed by atoms with E-state index in [1.807, 2.05) is 11.8 Å². The zero-order valence-corrected chi connectivity index (χ0v) is 16.0. The molecule has 138 valence electrons. The van der Waals surface area contributed by atoms with Crippen molar-refractivity contribution in [3.05, 3.63) is 44.6 Å². The number of hydrogen-bond acceptors (Lipinski definition) is 5. The van der Waals surface area contributed by atoms with Crippen molar-refractivity contribution in [1.29, 1.82) is 0 Å². The molecule has 26 heavy (non-hydrogen) atoms. The van der Waals surface area contributed by atoms with Crippen LogP contribution in [0.1, 0.15) is 33.8 Å². The quantitative estimate of drug-likeness (QED) is 0.845. The molecule has 1 aromatic carbocycles. The van der Waals surface area contributed by atoms with Crippen molar-refractivity contribution in [2.75, 3.05) is 20.3 Å². The van der Waals surface area contributed by atoms with Crippen LogP contribution in [0.3, 0.4) is 0 Å². The SMILES string of the molecule is COc1cc(C(=O)N2CCc3sccc3[C@H]2C)cc(Cl)c1OCC(N)=O. The molecule has 1 aliphatic heterocycles. The minimum absolute atomic E-state index is 0.00643. The summed E-state index contributed by atoms with van der Waals surface area (Å²) < 4.78 is 10.6. The fraction of sp³-hybridized carbons (Fsp3) is 0.333. The first kappa shape index (κ1) is 18.5. The lowest BCUT2D eigenvalue weighted by molar-refractivity contribution is -0.119. The number of ether oxygens (including phenoxy) is 2. The summed E-state index contributed by atoms with van der Waals surface area (Å²) >= 11 is 7.98. The maximum atomic E-state index is 13.0. The molecular formula is C18H19ClN2O4S. The van der Waals surface area contributed by atoms with E-state index in [1.54, 1.807) is 17.4 Å². The summed E-state index contributed by atoms with van der Waals surface area (Å²) in [5.41, 5.74) is 6.69. The maximum absolute atomic E-state index is 13.0. The molecule has 2 N–H and O–H groups in total. The van der Waals surface area contributed by atoms with Gasteiger partial charge in [0.1, 0.15) is 0 Å². The van der Waals surface area contributed by atoms with Crippen LogP contribution in [-0.4, -0.2) is 37.0 Å². The second-order valence-electron chi connectivity index (χ2n) is 5.97. The van der Waals surface area contributed by atoms with Crippen LogP contribution < -0.4 is 15.2 Å². The average molecular weight is 395 g/mol. The summed E-state index contributed by atoms with van der Waals surface area (Å²) in [6, 6.07) is 5.16. The molecule has 0 spiro atoms. The molecule has 1 atom stereocenters. The zero-order chi connectivity index (χ0) is 18.8. The number of benzene rings is 1. The van der Waals surface area contributed by atoms with Crippen molar-refractivity contribution in [3.8, 4) is 11.5 Å². The molecule has 0 aliphatic carbocycles. The average Bonchev–Trinajstić information content (AvgIpc) is 3.09. The highest BCUT2D eigenvalue weighted by Gasteiger charge is 2.30. The van der Waals surface area contributed by atoms with E-state index in [2.05, 4.69) is 11.4 Å². The van der Waals surface area contributed by atoms with Gasteiger partial charge in [-0.05, 0) is 42.5 Å².